The van der Waals surface area contributed by atoms with Crippen LogP contribution in [0.15, 0.2) is 34.8 Å². The highest BCUT2D eigenvalue weighted by molar-refractivity contribution is 7.09. The third-order valence-corrected chi connectivity index (χ3v) is 6.44. The van der Waals surface area contributed by atoms with Crippen molar-refractivity contribution in [3.63, 3.8) is 0 Å². The number of benzene rings is 1. The van der Waals surface area contributed by atoms with Crippen LogP contribution in [-0.4, -0.2) is 41.1 Å². The zero-order chi connectivity index (χ0) is 21.3. The third-order valence-electron chi connectivity index (χ3n) is 5.56. The van der Waals surface area contributed by atoms with Gasteiger partial charge in [0.05, 0.1) is 6.54 Å². The minimum Gasteiger partial charge on any atom is -0.388 e. The minimum absolute atomic E-state index is 0.221. The van der Waals surface area contributed by atoms with Gasteiger partial charge in [-0.3, -0.25) is 9.59 Å². The normalized spacial score (nSPS) is 17.6. The lowest BCUT2D eigenvalue weighted by Gasteiger charge is -2.37. The average Bonchev–Trinajstić information content (AvgIpc) is 3.40. The first-order valence-corrected chi connectivity index (χ1v) is 10.6. The molecule has 0 bridgehead atoms. The molecule has 158 valence electrons. The molecule has 1 fully saturated rings. The van der Waals surface area contributed by atoms with Crippen LogP contribution in [0.5, 0.6) is 0 Å². The van der Waals surface area contributed by atoms with Gasteiger partial charge in [0, 0.05) is 37.2 Å². The summed E-state index contributed by atoms with van der Waals surface area (Å²) < 4.78 is 28.4. The second kappa shape index (κ2) is 8.14. The largest absolute Gasteiger partial charge is 0.388 e. The average molecular weight is 433 g/mol. The van der Waals surface area contributed by atoms with Crippen LogP contribution in [0.3, 0.4) is 0 Å². The highest BCUT2D eigenvalue weighted by Crippen LogP contribution is 2.35. The summed E-state index contributed by atoms with van der Waals surface area (Å²) in [6.07, 6.45) is 1.20. The SMILES string of the molecule is Cc1ccc(F)c(C(=O)N2CCC3(CC2)CC(C(=O)NCc2cccs2)=NO3)c1F. The van der Waals surface area contributed by atoms with Crippen molar-refractivity contribution in [3.8, 4) is 0 Å². The van der Waals surface area contributed by atoms with Crippen molar-refractivity contribution >= 4 is 28.9 Å². The van der Waals surface area contributed by atoms with Crippen molar-refractivity contribution in [1.29, 1.82) is 0 Å². The maximum atomic E-state index is 14.3. The number of aryl methyl sites for hydroxylation is 1. The van der Waals surface area contributed by atoms with E-state index in [9.17, 15) is 18.4 Å². The number of hydrogen-bond acceptors (Lipinski definition) is 5. The van der Waals surface area contributed by atoms with Gasteiger partial charge < -0.3 is 15.1 Å². The summed E-state index contributed by atoms with van der Waals surface area (Å²) in [5.41, 5.74) is -0.639. The summed E-state index contributed by atoms with van der Waals surface area (Å²) in [5, 5.41) is 8.73. The standard InChI is InChI=1S/C21H21F2N3O3S/c1-13-4-5-15(22)17(18(13)23)20(28)26-8-6-21(7-9-26)11-16(25-29-21)19(27)24-12-14-3-2-10-30-14/h2-5,10H,6-9,11-12H2,1H3,(H,24,27). The molecular formula is C21H21F2N3O3S. The maximum Gasteiger partial charge on any atom is 0.269 e. The maximum absolute atomic E-state index is 14.3. The first kappa shape index (κ1) is 20.5. The Morgan fingerprint density at radius 2 is 2.03 bits per heavy atom. The summed E-state index contributed by atoms with van der Waals surface area (Å²) >= 11 is 1.56. The minimum atomic E-state index is -0.867. The molecule has 0 radical (unpaired) electrons. The van der Waals surface area contributed by atoms with Gasteiger partial charge in [0.25, 0.3) is 11.8 Å². The highest BCUT2D eigenvalue weighted by Gasteiger charge is 2.45. The Kier molecular flexibility index (Phi) is 5.55. The molecule has 6 nitrogen and oxygen atoms in total. The van der Waals surface area contributed by atoms with Gasteiger partial charge in [0.1, 0.15) is 28.5 Å². The Morgan fingerprint density at radius 1 is 1.27 bits per heavy atom. The third kappa shape index (κ3) is 3.94. The molecule has 1 spiro atoms. The molecule has 4 rings (SSSR count). The Bertz CT molecular complexity index is 999. The second-order valence-corrected chi connectivity index (χ2v) is 8.63. The fraction of sp³-hybridized carbons (Fsp3) is 0.381. The number of piperidine rings is 1. The van der Waals surface area contributed by atoms with Gasteiger partial charge >= 0.3 is 0 Å². The van der Waals surface area contributed by atoms with E-state index in [0.29, 0.717) is 31.5 Å². The zero-order valence-corrected chi connectivity index (χ0v) is 17.2. The van der Waals surface area contributed by atoms with E-state index in [-0.39, 0.29) is 24.6 Å². The van der Waals surface area contributed by atoms with E-state index in [1.807, 2.05) is 17.5 Å². The summed E-state index contributed by atoms with van der Waals surface area (Å²) in [7, 11) is 0. The van der Waals surface area contributed by atoms with E-state index in [1.165, 1.54) is 17.9 Å². The van der Waals surface area contributed by atoms with E-state index in [2.05, 4.69) is 10.5 Å². The summed E-state index contributed by atoms with van der Waals surface area (Å²) in [6.45, 7) is 2.46. The fourth-order valence-electron chi connectivity index (χ4n) is 3.72. The molecule has 1 aromatic carbocycles. The van der Waals surface area contributed by atoms with Crippen molar-refractivity contribution in [3.05, 3.63) is 57.3 Å². The number of carbonyl (C=O) groups excluding carboxylic acids is 2. The first-order chi connectivity index (χ1) is 14.4. The lowest BCUT2D eigenvalue weighted by atomic mass is 9.86. The fourth-order valence-corrected chi connectivity index (χ4v) is 4.37. The van der Waals surface area contributed by atoms with Crippen LogP contribution in [-0.2, 0) is 16.2 Å². The van der Waals surface area contributed by atoms with Crippen molar-refractivity contribution in [1.82, 2.24) is 10.2 Å². The molecule has 1 N–H and O–H groups in total. The van der Waals surface area contributed by atoms with E-state index in [1.54, 1.807) is 11.3 Å². The lowest BCUT2D eigenvalue weighted by molar-refractivity contribution is -0.115. The van der Waals surface area contributed by atoms with Crippen LogP contribution in [0.2, 0.25) is 0 Å². The van der Waals surface area contributed by atoms with E-state index in [0.717, 1.165) is 10.9 Å². The smallest absolute Gasteiger partial charge is 0.269 e. The molecule has 2 aliphatic rings. The first-order valence-electron chi connectivity index (χ1n) is 9.68. The topological polar surface area (TPSA) is 71.0 Å². The monoisotopic (exact) mass is 433 g/mol. The molecular weight excluding hydrogens is 412 g/mol. The number of halogens is 2. The number of amides is 2. The number of likely N-dealkylation sites (tertiary alicyclic amines) is 1. The highest BCUT2D eigenvalue weighted by atomic mass is 32.1. The molecule has 0 saturated carbocycles. The van der Waals surface area contributed by atoms with Crippen LogP contribution in [0.25, 0.3) is 0 Å². The molecule has 1 aromatic heterocycles. The molecule has 0 atom stereocenters. The van der Waals surface area contributed by atoms with Crippen LogP contribution < -0.4 is 5.32 Å². The zero-order valence-electron chi connectivity index (χ0n) is 16.4. The Balaban J connectivity index is 1.34. The van der Waals surface area contributed by atoms with Gasteiger partial charge in [-0.25, -0.2) is 8.78 Å². The van der Waals surface area contributed by atoms with Crippen LogP contribution in [0.1, 0.15) is 40.1 Å². The molecule has 0 aliphatic carbocycles. The predicted octanol–water partition coefficient (Wildman–Crippen LogP) is 3.40. The Morgan fingerprint density at radius 3 is 2.73 bits per heavy atom. The van der Waals surface area contributed by atoms with E-state index in [4.69, 9.17) is 4.84 Å². The van der Waals surface area contributed by atoms with Gasteiger partial charge in [-0.05, 0) is 30.0 Å². The lowest BCUT2D eigenvalue weighted by Crippen LogP contribution is -2.47. The molecule has 3 heterocycles. The number of hydrogen-bond donors (Lipinski definition) is 1. The molecule has 30 heavy (non-hydrogen) atoms. The number of thiophene rings is 1. The quantitative estimate of drug-likeness (QED) is 0.804. The molecule has 2 aliphatic heterocycles. The van der Waals surface area contributed by atoms with Crippen molar-refractivity contribution in [2.24, 2.45) is 5.16 Å². The van der Waals surface area contributed by atoms with Gasteiger partial charge in [0.15, 0.2) is 0 Å². The van der Waals surface area contributed by atoms with Gasteiger partial charge in [0.2, 0.25) is 0 Å². The summed E-state index contributed by atoms with van der Waals surface area (Å²) in [5.74, 6) is -2.64. The summed E-state index contributed by atoms with van der Waals surface area (Å²) in [4.78, 5) is 33.1. The number of oxime groups is 1. The van der Waals surface area contributed by atoms with Crippen molar-refractivity contribution in [2.75, 3.05) is 13.1 Å². The number of nitrogens with one attached hydrogen (secondary N) is 1. The van der Waals surface area contributed by atoms with E-state index >= 15 is 0 Å². The van der Waals surface area contributed by atoms with Crippen LogP contribution >= 0.6 is 11.3 Å². The molecule has 2 aromatic rings. The predicted molar refractivity (Wildman–Crippen MR) is 108 cm³/mol. The van der Waals surface area contributed by atoms with Crippen LogP contribution in [0.4, 0.5) is 8.78 Å². The van der Waals surface area contributed by atoms with Gasteiger partial charge in [-0.1, -0.05) is 17.3 Å². The van der Waals surface area contributed by atoms with Gasteiger partial charge in [-0.15, -0.1) is 11.3 Å². The molecule has 0 unspecified atom stereocenters. The number of rotatable bonds is 4. The van der Waals surface area contributed by atoms with Crippen molar-refractivity contribution < 1.29 is 23.2 Å². The molecule has 2 amide bonds. The van der Waals surface area contributed by atoms with Crippen LogP contribution in [0, 0.1) is 18.6 Å². The van der Waals surface area contributed by atoms with E-state index < -0.39 is 28.7 Å². The summed E-state index contributed by atoms with van der Waals surface area (Å²) in [6, 6.07) is 6.26. The van der Waals surface area contributed by atoms with Gasteiger partial charge in [-0.2, -0.15) is 0 Å². The molecule has 9 heteroatoms. The number of nitrogens with zero attached hydrogens (tertiary/aromatic N) is 2. The Labute approximate surface area is 176 Å². The Hall–Kier alpha value is -2.81. The van der Waals surface area contributed by atoms with Crippen molar-refractivity contribution in [2.45, 2.75) is 38.3 Å². The number of carbonyl (C=O) groups is 2. The second-order valence-electron chi connectivity index (χ2n) is 7.60. The molecule has 1 saturated heterocycles.